The van der Waals surface area contributed by atoms with Gasteiger partial charge in [0.25, 0.3) is 0 Å². The third-order valence-electron chi connectivity index (χ3n) is 7.17. The molecule has 4 heterocycles. The number of carboxylic acids is 2. The van der Waals surface area contributed by atoms with Gasteiger partial charge < -0.3 is 41.4 Å². The smallest absolute Gasteiger partial charge is 0.549 e. The van der Waals surface area contributed by atoms with Crippen LogP contribution in [0.25, 0.3) is 22.3 Å². The molecule has 2 amide bonds. The number of nitrogens with zero attached hydrogens (tertiary/aromatic N) is 4. The molecular weight excluding hydrogens is 912 g/mol. The molecule has 0 saturated heterocycles. The van der Waals surface area contributed by atoms with Crippen LogP contribution in [0.4, 0.5) is 11.4 Å². The molecule has 10 N–H and O–H groups in total. The van der Waals surface area contributed by atoms with Crippen molar-refractivity contribution in [3.63, 3.8) is 0 Å². The van der Waals surface area contributed by atoms with Crippen molar-refractivity contribution in [3.8, 4) is 22.3 Å². The molecule has 0 aliphatic carbocycles. The van der Waals surface area contributed by atoms with Gasteiger partial charge in [-0.1, -0.05) is 0 Å². The zero-order valence-electron chi connectivity index (χ0n) is 33.4. The van der Waals surface area contributed by atoms with Crippen molar-refractivity contribution in [2.75, 3.05) is 23.7 Å². The van der Waals surface area contributed by atoms with Gasteiger partial charge in [-0.2, -0.15) is 0 Å². The van der Waals surface area contributed by atoms with Crippen LogP contribution in [0.1, 0.15) is 13.8 Å². The molecule has 0 bridgehead atoms. The maximum absolute atomic E-state index is 11.6. The van der Waals surface area contributed by atoms with Gasteiger partial charge in [0.05, 0.1) is 34.8 Å². The Labute approximate surface area is 373 Å². The van der Waals surface area contributed by atoms with Gasteiger partial charge in [-0.25, -0.2) is 26.3 Å². The summed E-state index contributed by atoms with van der Waals surface area (Å²) in [5.74, 6) is -3.59. The Morgan fingerprint density at radius 3 is 0.857 bits per heavy atom. The minimum atomic E-state index is -3.88. The molecule has 20 nitrogen and oxygen atoms in total. The maximum atomic E-state index is 11.6. The molecular formula is C40H44CuN8O12S2+2. The largest absolute Gasteiger partial charge is 2.00 e. The van der Waals surface area contributed by atoms with Crippen molar-refractivity contribution in [3.05, 3.63) is 147 Å². The van der Waals surface area contributed by atoms with E-state index in [1.165, 1.54) is 84.6 Å². The van der Waals surface area contributed by atoms with Crippen LogP contribution in [0.3, 0.4) is 0 Å². The predicted octanol–water partition coefficient (Wildman–Crippen LogP) is -0.213. The zero-order chi connectivity index (χ0) is 44.0. The Morgan fingerprint density at radius 2 is 0.667 bits per heavy atom. The third kappa shape index (κ3) is 21.5. The fourth-order valence-corrected chi connectivity index (χ4v) is 6.43. The number of carboxylic acid groups (broad SMARTS) is 2. The molecule has 0 saturated carbocycles. The number of hydrogen-bond donors (Lipinski definition) is 4. The number of rotatable bonds is 12. The first-order valence-corrected chi connectivity index (χ1v) is 20.3. The molecule has 1 radical (unpaired) electrons. The summed E-state index contributed by atoms with van der Waals surface area (Å²) in [6.07, 6.45) is 14.3. The molecule has 337 valence electrons. The van der Waals surface area contributed by atoms with Crippen molar-refractivity contribution < 1.29 is 74.2 Å². The first kappa shape index (κ1) is 56.2. The van der Waals surface area contributed by atoms with Crippen molar-refractivity contribution in [2.45, 2.75) is 23.6 Å². The number of nitrogens with one attached hydrogen (secondary N) is 4. The number of aromatic nitrogens is 4. The molecule has 0 fully saturated rings. The van der Waals surface area contributed by atoms with Crippen LogP contribution in [-0.4, -0.2) is 73.6 Å². The van der Waals surface area contributed by atoms with E-state index in [0.717, 1.165) is 0 Å². The molecule has 23 heteroatoms. The Bertz CT molecular complexity index is 2260. The average molecular weight is 957 g/mol. The van der Waals surface area contributed by atoms with E-state index in [-0.39, 0.29) is 49.6 Å². The molecule has 0 aliphatic rings. The van der Waals surface area contributed by atoms with E-state index in [1.807, 2.05) is 58.0 Å². The van der Waals surface area contributed by atoms with Gasteiger partial charge in [-0.05, 0) is 119 Å². The molecule has 6 aromatic rings. The normalized spacial score (nSPS) is 9.94. The summed E-state index contributed by atoms with van der Waals surface area (Å²) < 4.78 is 50.0. The summed E-state index contributed by atoms with van der Waals surface area (Å²) in [6.45, 7) is 1.06. The Balaban J connectivity index is 0.000000812. The van der Waals surface area contributed by atoms with E-state index in [1.54, 1.807) is 49.6 Å². The van der Waals surface area contributed by atoms with Gasteiger partial charge in [0, 0.05) is 74.8 Å². The summed E-state index contributed by atoms with van der Waals surface area (Å²) in [5.41, 5.74) is 5.59. The van der Waals surface area contributed by atoms with Gasteiger partial charge >= 0.3 is 17.1 Å². The van der Waals surface area contributed by atoms with Gasteiger partial charge in [-0.15, -0.1) is 0 Å². The number of aliphatic carboxylic acids is 2. The first-order chi connectivity index (χ1) is 28.6. The molecule has 0 aliphatic heterocycles. The van der Waals surface area contributed by atoms with E-state index in [2.05, 4.69) is 30.6 Å². The standard InChI is InChI=1S/2C10H12N2O5S.2C10H8N2.Cu.2H2O/c2*1-7(13)12-8-2-4-9(5-3-8)18(16,17)11-6-10(14)15;2*1-5-11-6-2-9(1)10-3-7-12-8-4-10;;;/h2*2-5,11H,6H2,1H3,(H,12,13)(H,14,15);2*1-8H;;2*1H2/q;;;;+2;;. The quantitative estimate of drug-likeness (QED) is 0.0911. The number of amides is 2. The minimum absolute atomic E-state index is 0. The van der Waals surface area contributed by atoms with Crippen molar-refractivity contribution >= 4 is 55.2 Å². The van der Waals surface area contributed by atoms with Crippen LogP contribution in [0, 0.1) is 0 Å². The van der Waals surface area contributed by atoms with Crippen LogP contribution in [-0.2, 0) is 67.2 Å². The SMILES string of the molecule is CC(=O)Nc1ccc(S(=O)(=O)NCC(=O)[O-])cc1.CC(=O)Nc1ccc(S(=O)(=O)NCC(=O)[O-])cc1.[Cu+2].[OH3+].[OH3+].c1cc(-c2ccncc2)ccn1.c1cc(-c2ccncc2)ccn1. The molecule has 2 aromatic carbocycles. The van der Waals surface area contributed by atoms with Crippen LogP contribution in [0.15, 0.2) is 156 Å². The summed E-state index contributed by atoms with van der Waals surface area (Å²) >= 11 is 0. The van der Waals surface area contributed by atoms with Gasteiger partial charge in [0.2, 0.25) is 31.9 Å². The van der Waals surface area contributed by atoms with E-state index in [4.69, 9.17) is 0 Å². The fourth-order valence-electron chi connectivity index (χ4n) is 4.49. The minimum Gasteiger partial charge on any atom is -0.549 e. The van der Waals surface area contributed by atoms with Gasteiger partial charge in [0.15, 0.2) is 0 Å². The summed E-state index contributed by atoms with van der Waals surface area (Å²) in [4.78, 5) is 57.5. The van der Waals surface area contributed by atoms with E-state index in [9.17, 15) is 46.2 Å². The van der Waals surface area contributed by atoms with Crippen molar-refractivity contribution in [1.29, 1.82) is 0 Å². The molecule has 6 rings (SSSR count). The Hall–Kier alpha value is -6.82. The Morgan fingerprint density at radius 1 is 0.444 bits per heavy atom. The Kier molecular flexibility index (Phi) is 25.6. The molecule has 0 unspecified atom stereocenters. The molecule has 0 atom stereocenters. The van der Waals surface area contributed by atoms with Crippen LogP contribution in [0.2, 0.25) is 0 Å². The topological polar surface area (TPSA) is 348 Å². The fraction of sp³-hybridized carbons (Fsp3) is 0.100. The van der Waals surface area contributed by atoms with Crippen LogP contribution < -0.4 is 30.3 Å². The van der Waals surface area contributed by atoms with Crippen molar-refractivity contribution in [2.24, 2.45) is 0 Å². The average Bonchev–Trinajstić information content (AvgIpc) is 3.24. The first-order valence-electron chi connectivity index (χ1n) is 17.3. The van der Waals surface area contributed by atoms with Gasteiger partial charge in [-0.3, -0.25) is 29.5 Å². The van der Waals surface area contributed by atoms with Crippen LogP contribution in [0.5, 0.6) is 0 Å². The van der Waals surface area contributed by atoms with E-state index >= 15 is 0 Å². The van der Waals surface area contributed by atoms with Crippen molar-refractivity contribution in [1.82, 2.24) is 29.4 Å². The molecule has 4 aromatic heterocycles. The number of benzene rings is 2. The summed E-state index contributed by atoms with van der Waals surface area (Å²) in [6, 6.07) is 26.5. The summed E-state index contributed by atoms with van der Waals surface area (Å²) in [5, 5.41) is 25.3. The maximum Gasteiger partial charge on any atom is 2.00 e. The number of carbonyl (C=O) groups excluding carboxylic acids is 4. The predicted molar refractivity (Wildman–Crippen MR) is 227 cm³/mol. The second-order valence-corrected chi connectivity index (χ2v) is 15.3. The van der Waals surface area contributed by atoms with Gasteiger partial charge in [0.1, 0.15) is 0 Å². The van der Waals surface area contributed by atoms with E-state index < -0.39 is 45.1 Å². The number of hydrogen-bond acceptors (Lipinski definition) is 14. The number of carbonyl (C=O) groups is 4. The second kappa shape index (κ2) is 28.7. The third-order valence-corrected chi connectivity index (χ3v) is 10.0. The molecule has 0 spiro atoms. The molecule has 63 heavy (non-hydrogen) atoms. The number of sulfonamides is 2. The number of pyridine rings is 4. The number of anilines is 2. The van der Waals surface area contributed by atoms with E-state index in [0.29, 0.717) is 11.4 Å². The van der Waals surface area contributed by atoms with Crippen LogP contribution >= 0.6 is 0 Å². The summed E-state index contributed by atoms with van der Waals surface area (Å²) in [7, 11) is -7.77. The monoisotopic (exact) mass is 955 g/mol. The zero-order valence-corrected chi connectivity index (χ0v) is 36.0. The second-order valence-electron chi connectivity index (χ2n) is 11.7.